The van der Waals surface area contributed by atoms with Crippen molar-refractivity contribution < 1.29 is 9.52 Å². The van der Waals surface area contributed by atoms with E-state index in [4.69, 9.17) is 9.68 Å². The number of hydrogen-bond donors (Lipinski definition) is 2. The maximum atomic E-state index is 10.3. The molecule has 0 saturated heterocycles. The zero-order chi connectivity index (χ0) is 12.1. The molecule has 1 aliphatic rings. The van der Waals surface area contributed by atoms with Crippen LogP contribution in [0.4, 0.5) is 0 Å². The number of nitrogens with zero attached hydrogens (tertiary/aromatic N) is 1. The van der Waals surface area contributed by atoms with Crippen molar-refractivity contribution in [2.24, 2.45) is 0 Å². The topological polar surface area (TPSA) is 69.2 Å². The fraction of sp³-hybridized carbons (Fsp3) is 0.615. The van der Waals surface area contributed by atoms with Crippen LogP contribution in [0.3, 0.4) is 0 Å². The molecule has 0 amide bonds. The Kier molecular flexibility index (Phi) is 3.82. The van der Waals surface area contributed by atoms with E-state index < -0.39 is 5.60 Å². The number of nitrogens with one attached hydrogen (secondary N) is 1. The van der Waals surface area contributed by atoms with Gasteiger partial charge in [-0.05, 0) is 25.0 Å². The summed E-state index contributed by atoms with van der Waals surface area (Å²) >= 11 is 0. The molecule has 92 valence electrons. The molecule has 1 aromatic rings. The minimum Gasteiger partial charge on any atom is -0.449 e. The minimum absolute atomic E-state index is 0.332. The van der Waals surface area contributed by atoms with Crippen LogP contribution in [-0.2, 0) is 6.54 Å². The molecule has 2 N–H and O–H groups in total. The molecule has 1 aromatic heterocycles. The third-order valence-corrected chi connectivity index (χ3v) is 3.31. The predicted molar refractivity (Wildman–Crippen MR) is 63.2 cm³/mol. The van der Waals surface area contributed by atoms with Gasteiger partial charge in [0.15, 0.2) is 0 Å². The van der Waals surface area contributed by atoms with Crippen molar-refractivity contribution in [2.45, 2.75) is 44.2 Å². The molecule has 0 aliphatic heterocycles. The van der Waals surface area contributed by atoms with E-state index in [1.165, 1.54) is 6.42 Å². The zero-order valence-corrected chi connectivity index (χ0v) is 9.91. The lowest BCUT2D eigenvalue weighted by molar-refractivity contribution is 0.00438. The van der Waals surface area contributed by atoms with E-state index in [1.54, 1.807) is 12.1 Å². The molecule has 1 fully saturated rings. The maximum absolute atomic E-state index is 10.3. The summed E-state index contributed by atoms with van der Waals surface area (Å²) in [6, 6.07) is 5.40. The fourth-order valence-electron chi connectivity index (χ4n) is 2.34. The summed E-state index contributed by atoms with van der Waals surface area (Å²) in [6.45, 7) is 1.15. The number of aliphatic hydroxyl groups is 1. The Labute approximate surface area is 101 Å². The number of hydrogen-bond acceptors (Lipinski definition) is 4. The second-order valence-electron chi connectivity index (χ2n) is 4.77. The Morgan fingerprint density at radius 1 is 1.35 bits per heavy atom. The quantitative estimate of drug-likeness (QED) is 0.835. The first-order chi connectivity index (χ1) is 8.22. The molecule has 0 aromatic carbocycles. The van der Waals surface area contributed by atoms with E-state index in [0.29, 0.717) is 18.8 Å². The van der Waals surface area contributed by atoms with E-state index >= 15 is 0 Å². The van der Waals surface area contributed by atoms with Crippen LogP contribution in [0.2, 0.25) is 0 Å². The van der Waals surface area contributed by atoms with Crippen molar-refractivity contribution in [2.75, 3.05) is 6.54 Å². The smallest absolute Gasteiger partial charge is 0.203 e. The third kappa shape index (κ3) is 3.32. The average molecular weight is 234 g/mol. The Morgan fingerprint density at radius 2 is 2.12 bits per heavy atom. The second-order valence-corrected chi connectivity index (χ2v) is 4.77. The van der Waals surface area contributed by atoms with Crippen molar-refractivity contribution in [3.63, 3.8) is 0 Å². The monoisotopic (exact) mass is 234 g/mol. The predicted octanol–water partition coefficient (Wildman–Crippen LogP) is 1.94. The van der Waals surface area contributed by atoms with Crippen molar-refractivity contribution in [1.82, 2.24) is 5.32 Å². The van der Waals surface area contributed by atoms with Gasteiger partial charge in [-0.2, -0.15) is 5.26 Å². The Balaban J connectivity index is 1.77. The SMILES string of the molecule is N#Cc1ccc(CNCC2(O)CCCCC2)o1. The molecule has 0 radical (unpaired) electrons. The largest absolute Gasteiger partial charge is 0.449 e. The van der Waals surface area contributed by atoms with Gasteiger partial charge < -0.3 is 14.8 Å². The lowest BCUT2D eigenvalue weighted by Gasteiger charge is -2.32. The molecular weight excluding hydrogens is 216 g/mol. The standard InChI is InChI=1S/C13H18N2O2/c14-8-11-4-5-12(17-11)9-15-10-13(16)6-2-1-3-7-13/h4-5,15-16H,1-3,6-7,9-10H2. The summed E-state index contributed by atoms with van der Waals surface area (Å²) in [5, 5.41) is 22.1. The fourth-order valence-corrected chi connectivity index (χ4v) is 2.34. The summed E-state index contributed by atoms with van der Waals surface area (Å²) in [5.74, 6) is 1.07. The number of rotatable bonds is 4. The van der Waals surface area contributed by atoms with Gasteiger partial charge in [-0.3, -0.25) is 0 Å². The molecule has 17 heavy (non-hydrogen) atoms. The molecule has 0 bridgehead atoms. The molecule has 4 heteroatoms. The van der Waals surface area contributed by atoms with Gasteiger partial charge in [0.05, 0.1) is 12.1 Å². The van der Waals surface area contributed by atoms with Crippen LogP contribution in [-0.4, -0.2) is 17.3 Å². The van der Waals surface area contributed by atoms with Crippen LogP contribution >= 0.6 is 0 Å². The molecule has 2 rings (SSSR count). The first-order valence-corrected chi connectivity index (χ1v) is 6.14. The highest BCUT2D eigenvalue weighted by molar-refractivity contribution is 5.18. The van der Waals surface area contributed by atoms with E-state index in [0.717, 1.165) is 31.4 Å². The molecule has 0 spiro atoms. The van der Waals surface area contributed by atoms with Crippen molar-refractivity contribution in [3.8, 4) is 6.07 Å². The number of nitriles is 1. The van der Waals surface area contributed by atoms with E-state index in [-0.39, 0.29) is 0 Å². The summed E-state index contributed by atoms with van der Waals surface area (Å²) in [6.07, 6.45) is 5.20. The molecule has 4 nitrogen and oxygen atoms in total. The molecule has 1 saturated carbocycles. The van der Waals surface area contributed by atoms with Gasteiger partial charge in [-0.1, -0.05) is 19.3 Å². The molecule has 0 unspecified atom stereocenters. The summed E-state index contributed by atoms with van der Waals surface area (Å²) < 4.78 is 5.25. The first kappa shape index (κ1) is 12.2. The van der Waals surface area contributed by atoms with Crippen molar-refractivity contribution in [1.29, 1.82) is 5.26 Å². The number of furan rings is 1. The minimum atomic E-state index is -0.553. The molecule has 1 aliphatic carbocycles. The van der Waals surface area contributed by atoms with Crippen LogP contribution < -0.4 is 5.32 Å². The van der Waals surface area contributed by atoms with Gasteiger partial charge in [0.2, 0.25) is 5.76 Å². The Hall–Kier alpha value is -1.31. The lowest BCUT2D eigenvalue weighted by atomic mass is 9.85. The van der Waals surface area contributed by atoms with Gasteiger partial charge in [-0.25, -0.2) is 0 Å². The normalized spacial score (nSPS) is 18.8. The van der Waals surface area contributed by atoms with Gasteiger partial charge in [0.1, 0.15) is 11.8 Å². The molecular formula is C13H18N2O2. The van der Waals surface area contributed by atoms with Gasteiger partial charge >= 0.3 is 0 Å². The maximum Gasteiger partial charge on any atom is 0.203 e. The van der Waals surface area contributed by atoms with Crippen molar-refractivity contribution >= 4 is 0 Å². The van der Waals surface area contributed by atoms with Gasteiger partial charge in [0, 0.05) is 6.54 Å². The van der Waals surface area contributed by atoms with Crippen LogP contribution in [0, 0.1) is 11.3 Å². The summed E-state index contributed by atoms with van der Waals surface area (Å²) in [7, 11) is 0. The van der Waals surface area contributed by atoms with Crippen LogP contribution in [0.5, 0.6) is 0 Å². The molecule has 1 heterocycles. The van der Waals surface area contributed by atoms with Gasteiger partial charge in [-0.15, -0.1) is 0 Å². The van der Waals surface area contributed by atoms with E-state index in [1.807, 2.05) is 6.07 Å². The highest BCUT2D eigenvalue weighted by atomic mass is 16.3. The van der Waals surface area contributed by atoms with E-state index in [2.05, 4.69) is 5.32 Å². The summed E-state index contributed by atoms with van der Waals surface area (Å²) in [4.78, 5) is 0. The highest BCUT2D eigenvalue weighted by Gasteiger charge is 2.28. The Morgan fingerprint density at radius 3 is 2.76 bits per heavy atom. The van der Waals surface area contributed by atoms with Gasteiger partial charge in [0.25, 0.3) is 0 Å². The zero-order valence-electron chi connectivity index (χ0n) is 9.91. The average Bonchev–Trinajstić information content (AvgIpc) is 2.78. The second kappa shape index (κ2) is 5.35. The van der Waals surface area contributed by atoms with Crippen LogP contribution in [0.15, 0.2) is 16.5 Å². The lowest BCUT2D eigenvalue weighted by Crippen LogP contribution is -2.41. The van der Waals surface area contributed by atoms with E-state index in [9.17, 15) is 5.11 Å². The first-order valence-electron chi connectivity index (χ1n) is 6.14. The van der Waals surface area contributed by atoms with Crippen LogP contribution in [0.1, 0.15) is 43.6 Å². The van der Waals surface area contributed by atoms with Crippen LogP contribution in [0.25, 0.3) is 0 Å². The van der Waals surface area contributed by atoms with Crippen molar-refractivity contribution in [3.05, 3.63) is 23.7 Å². The summed E-state index contributed by atoms with van der Waals surface area (Å²) in [5.41, 5.74) is -0.553. The Bertz CT molecular complexity index is 400. The molecule has 0 atom stereocenters. The highest BCUT2D eigenvalue weighted by Crippen LogP contribution is 2.27. The third-order valence-electron chi connectivity index (χ3n) is 3.31.